The highest BCUT2D eigenvalue weighted by Crippen LogP contribution is 2.39. The van der Waals surface area contributed by atoms with Crippen molar-refractivity contribution < 1.29 is 31.1 Å². The summed E-state index contributed by atoms with van der Waals surface area (Å²) in [4.78, 5) is 15.1. The standard InChI is InChI=1S/C21H19Cl2F6N3O/c1-31(14-7-12(20(24,25)26)6-13(8-14)21(27,28)29)19(33)32(2)18-10-30-9-15(18)11-3-4-16(22)17(23)5-11/h3-8,15,18,30H,9-10H2,1-2H3/t15-,18+/m1/s1. The fraction of sp³-hybridized carbons (Fsp3) is 0.381. The molecule has 1 saturated heterocycles. The predicted molar refractivity (Wildman–Crippen MR) is 114 cm³/mol. The molecule has 1 fully saturated rings. The SMILES string of the molecule is CN(C(=O)N(C)[C@H]1CNC[C@@H]1c1ccc(Cl)c(Cl)c1)c1cc(C(F)(F)F)cc(C(F)(F)F)c1. The Morgan fingerprint density at radius 3 is 2.00 bits per heavy atom. The van der Waals surface area contributed by atoms with Crippen LogP contribution in [0.3, 0.4) is 0 Å². The average Bonchev–Trinajstić information content (AvgIpc) is 3.22. The van der Waals surface area contributed by atoms with E-state index in [-0.39, 0.29) is 12.0 Å². The molecule has 0 spiro atoms. The zero-order chi connectivity index (χ0) is 24.7. The number of anilines is 1. The molecule has 180 valence electrons. The van der Waals surface area contributed by atoms with E-state index in [2.05, 4.69) is 5.32 Å². The topological polar surface area (TPSA) is 35.6 Å². The Balaban J connectivity index is 1.90. The van der Waals surface area contributed by atoms with Crippen LogP contribution in [-0.4, -0.2) is 44.2 Å². The number of amides is 2. The van der Waals surface area contributed by atoms with Crippen LogP contribution in [0, 0.1) is 0 Å². The van der Waals surface area contributed by atoms with Crippen LogP contribution >= 0.6 is 23.2 Å². The first-order chi connectivity index (χ1) is 15.2. The van der Waals surface area contributed by atoms with Crippen LogP contribution in [0.5, 0.6) is 0 Å². The predicted octanol–water partition coefficient (Wildman–Crippen LogP) is 6.27. The number of urea groups is 1. The molecule has 1 aliphatic rings. The number of likely N-dealkylation sites (N-methyl/N-ethyl adjacent to an activating group) is 1. The Hall–Kier alpha value is -2.17. The first-order valence-corrected chi connectivity index (χ1v) is 10.4. The zero-order valence-electron chi connectivity index (χ0n) is 17.4. The Morgan fingerprint density at radius 1 is 0.909 bits per heavy atom. The van der Waals surface area contributed by atoms with Crippen molar-refractivity contribution in [3.05, 3.63) is 63.1 Å². The molecule has 0 radical (unpaired) electrons. The number of alkyl halides is 6. The molecule has 1 N–H and O–H groups in total. The van der Waals surface area contributed by atoms with Crippen LogP contribution in [0.25, 0.3) is 0 Å². The van der Waals surface area contributed by atoms with E-state index in [4.69, 9.17) is 23.2 Å². The molecule has 1 heterocycles. The van der Waals surface area contributed by atoms with Gasteiger partial charge in [0.05, 0.1) is 27.2 Å². The summed E-state index contributed by atoms with van der Waals surface area (Å²) in [5, 5.41) is 3.83. The molecule has 33 heavy (non-hydrogen) atoms. The molecule has 0 unspecified atom stereocenters. The molecule has 1 aliphatic heterocycles. The van der Waals surface area contributed by atoms with Gasteiger partial charge in [0.25, 0.3) is 0 Å². The first kappa shape index (κ1) is 25.5. The van der Waals surface area contributed by atoms with Gasteiger partial charge in [-0.05, 0) is 35.9 Å². The van der Waals surface area contributed by atoms with E-state index in [9.17, 15) is 31.1 Å². The van der Waals surface area contributed by atoms with Gasteiger partial charge in [0.15, 0.2) is 0 Å². The van der Waals surface area contributed by atoms with Crippen molar-refractivity contribution in [1.82, 2.24) is 10.2 Å². The van der Waals surface area contributed by atoms with Gasteiger partial charge in [-0.3, -0.25) is 4.90 Å². The van der Waals surface area contributed by atoms with E-state index in [1.54, 1.807) is 18.2 Å². The van der Waals surface area contributed by atoms with Gasteiger partial charge in [-0.25, -0.2) is 4.79 Å². The van der Waals surface area contributed by atoms with Gasteiger partial charge in [0.1, 0.15) is 0 Å². The third-order valence-electron chi connectivity index (χ3n) is 5.60. The second kappa shape index (κ2) is 9.23. The first-order valence-electron chi connectivity index (χ1n) is 9.66. The van der Waals surface area contributed by atoms with Crippen LogP contribution in [0.15, 0.2) is 36.4 Å². The van der Waals surface area contributed by atoms with Crippen LogP contribution in [0.4, 0.5) is 36.8 Å². The van der Waals surface area contributed by atoms with E-state index < -0.39 is 41.2 Å². The maximum absolute atomic E-state index is 13.2. The molecule has 2 amide bonds. The third-order valence-corrected chi connectivity index (χ3v) is 6.34. The normalized spacial score (nSPS) is 19.0. The van der Waals surface area contributed by atoms with Gasteiger partial charge in [0.2, 0.25) is 0 Å². The van der Waals surface area contributed by atoms with E-state index in [1.165, 1.54) is 11.9 Å². The smallest absolute Gasteiger partial charge is 0.322 e. The summed E-state index contributed by atoms with van der Waals surface area (Å²) in [7, 11) is 2.57. The minimum absolute atomic E-state index is 0.0206. The molecular formula is C21H19Cl2F6N3O. The molecular weight excluding hydrogens is 495 g/mol. The highest BCUT2D eigenvalue weighted by atomic mass is 35.5. The highest BCUT2D eigenvalue weighted by Gasteiger charge is 2.39. The number of hydrogen-bond donors (Lipinski definition) is 1. The molecule has 3 rings (SSSR count). The summed E-state index contributed by atoms with van der Waals surface area (Å²) in [5.74, 6) is -0.214. The van der Waals surface area contributed by atoms with Crippen LogP contribution < -0.4 is 10.2 Å². The minimum atomic E-state index is -5.01. The van der Waals surface area contributed by atoms with Gasteiger partial charge < -0.3 is 10.2 Å². The highest BCUT2D eigenvalue weighted by molar-refractivity contribution is 6.42. The Labute approximate surface area is 196 Å². The number of rotatable bonds is 3. The largest absolute Gasteiger partial charge is 0.416 e. The third kappa shape index (κ3) is 5.50. The number of hydrogen-bond acceptors (Lipinski definition) is 2. The van der Waals surface area contributed by atoms with Gasteiger partial charge in [0, 0.05) is 38.8 Å². The van der Waals surface area contributed by atoms with E-state index in [1.807, 2.05) is 0 Å². The van der Waals surface area contributed by atoms with Gasteiger partial charge in [-0.1, -0.05) is 29.3 Å². The Bertz CT molecular complexity index is 1010. The Morgan fingerprint density at radius 2 is 1.48 bits per heavy atom. The van der Waals surface area contributed by atoms with Crippen molar-refractivity contribution in [2.75, 3.05) is 32.1 Å². The van der Waals surface area contributed by atoms with Crippen LogP contribution in [-0.2, 0) is 12.4 Å². The lowest BCUT2D eigenvalue weighted by atomic mass is 9.93. The second-order valence-corrected chi connectivity index (χ2v) is 8.54. The van der Waals surface area contributed by atoms with E-state index in [0.29, 0.717) is 35.3 Å². The molecule has 0 bridgehead atoms. The second-order valence-electron chi connectivity index (χ2n) is 7.72. The number of carbonyl (C=O) groups is 1. The molecule has 0 saturated carbocycles. The number of nitrogens with zero attached hydrogens (tertiary/aromatic N) is 2. The van der Waals surface area contributed by atoms with Crippen molar-refractivity contribution in [3.63, 3.8) is 0 Å². The van der Waals surface area contributed by atoms with Crippen molar-refractivity contribution in [1.29, 1.82) is 0 Å². The fourth-order valence-corrected chi connectivity index (χ4v) is 4.08. The van der Waals surface area contributed by atoms with Gasteiger partial charge in [-0.15, -0.1) is 0 Å². The van der Waals surface area contributed by atoms with Crippen molar-refractivity contribution in [3.8, 4) is 0 Å². The van der Waals surface area contributed by atoms with Crippen molar-refractivity contribution in [2.45, 2.75) is 24.3 Å². The zero-order valence-corrected chi connectivity index (χ0v) is 18.9. The monoisotopic (exact) mass is 513 g/mol. The number of carbonyl (C=O) groups excluding carboxylic acids is 1. The summed E-state index contributed by atoms with van der Waals surface area (Å²) in [6.45, 7) is 0.864. The number of halogens is 8. The van der Waals surface area contributed by atoms with E-state index in [0.717, 1.165) is 17.5 Å². The summed E-state index contributed by atoms with van der Waals surface area (Å²) in [6, 6.07) is 4.90. The number of nitrogens with one attached hydrogen (secondary N) is 1. The van der Waals surface area contributed by atoms with Crippen LogP contribution in [0.2, 0.25) is 10.0 Å². The number of benzene rings is 2. The van der Waals surface area contributed by atoms with Gasteiger partial charge in [-0.2, -0.15) is 26.3 Å². The maximum atomic E-state index is 13.2. The molecule has 12 heteroatoms. The molecule has 0 aromatic heterocycles. The van der Waals surface area contributed by atoms with E-state index >= 15 is 0 Å². The molecule has 2 aromatic rings. The minimum Gasteiger partial charge on any atom is -0.322 e. The molecule has 2 aromatic carbocycles. The molecule has 0 aliphatic carbocycles. The lowest BCUT2D eigenvalue weighted by molar-refractivity contribution is -0.143. The van der Waals surface area contributed by atoms with Crippen molar-refractivity contribution >= 4 is 34.9 Å². The maximum Gasteiger partial charge on any atom is 0.416 e. The summed E-state index contributed by atoms with van der Waals surface area (Å²) >= 11 is 12.0. The lowest BCUT2D eigenvalue weighted by Gasteiger charge is -2.33. The Kier molecular flexibility index (Phi) is 7.12. The lowest BCUT2D eigenvalue weighted by Crippen LogP contribution is -2.47. The van der Waals surface area contributed by atoms with Gasteiger partial charge >= 0.3 is 18.4 Å². The molecule has 2 atom stereocenters. The summed E-state index contributed by atoms with van der Waals surface area (Å²) in [5.41, 5.74) is -2.72. The average molecular weight is 514 g/mol. The quantitative estimate of drug-likeness (QED) is 0.490. The summed E-state index contributed by atoms with van der Waals surface area (Å²) in [6.07, 6.45) is -10.0. The fourth-order valence-electron chi connectivity index (χ4n) is 3.78. The summed E-state index contributed by atoms with van der Waals surface area (Å²) < 4.78 is 79.2. The van der Waals surface area contributed by atoms with Crippen LogP contribution in [0.1, 0.15) is 22.6 Å². The molecule has 4 nitrogen and oxygen atoms in total. The van der Waals surface area contributed by atoms with Crippen molar-refractivity contribution in [2.24, 2.45) is 0 Å².